The lowest BCUT2D eigenvalue weighted by Gasteiger charge is -2.27. The van der Waals surface area contributed by atoms with Gasteiger partial charge in [-0.3, -0.25) is 9.47 Å². The molecule has 3 heterocycles. The van der Waals surface area contributed by atoms with Gasteiger partial charge in [-0.1, -0.05) is 29.8 Å². The van der Waals surface area contributed by atoms with Crippen molar-refractivity contribution >= 4 is 34.6 Å². The summed E-state index contributed by atoms with van der Waals surface area (Å²) in [5, 5.41) is 12.5. The zero-order valence-corrected chi connectivity index (χ0v) is 22.1. The molecule has 0 spiro atoms. The summed E-state index contributed by atoms with van der Waals surface area (Å²) in [6.07, 6.45) is 0.710. The average molecular weight is 584 g/mol. The maximum Gasteiger partial charge on any atom is 0.573 e. The van der Waals surface area contributed by atoms with Crippen molar-refractivity contribution in [3.05, 3.63) is 99.7 Å². The van der Waals surface area contributed by atoms with E-state index in [-0.39, 0.29) is 23.0 Å². The molecular weight excluding hydrogens is 562 g/mol. The highest BCUT2D eigenvalue weighted by molar-refractivity contribution is 6.29. The maximum absolute atomic E-state index is 13.9. The Bertz CT molecular complexity index is 1690. The van der Waals surface area contributed by atoms with E-state index in [1.54, 1.807) is 30.3 Å². The number of alkyl halides is 3. The van der Waals surface area contributed by atoms with Crippen molar-refractivity contribution in [2.45, 2.75) is 25.9 Å². The molecule has 2 aromatic carbocycles. The molecule has 7 nitrogen and oxygen atoms in total. The monoisotopic (exact) mass is 583 g/mol. The third kappa shape index (κ3) is 6.51. The Labute approximate surface area is 237 Å². The SMILES string of the molecule is N#Cc1ccc(C=CCN2CCc3c(c4cc(OC(F)(F)F)ccc4n3C(=O)NCc3ccnc(Cl)c3)C2)cc1F. The highest BCUT2D eigenvalue weighted by atomic mass is 35.5. The molecule has 4 aromatic rings. The fraction of sp³-hybridized carbons (Fsp3) is 0.207. The molecule has 0 aliphatic carbocycles. The standard InChI is InChI=1S/C29H22ClF4N5O2/c30-27-13-19(7-9-36-27)16-37-28(40)39-25-6-5-21(41-29(32,33)34)14-22(25)23-17-38(11-8-26(23)39)10-1-2-18-3-4-20(15-35)24(31)12-18/h1-7,9,12-14H,8,10-11,16-17H2,(H,37,40). The molecule has 2 aromatic heterocycles. The minimum atomic E-state index is -4.86. The molecule has 0 atom stereocenters. The predicted molar refractivity (Wildman–Crippen MR) is 145 cm³/mol. The van der Waals surface area contributed by atoms with Crippen molar-refractivity contribution < 1.29 is 27.1 Å². The summed E-state index contributed by atoms with van der Waals surface area (Å²) in [5.41, 5.74) is 3.17. The van der Waals surface area contributed by atoms with Crippen LogP contribution in [0.15, 0.2) is 60.8 Å². The molecule has 1 aliphatic rings. The van der Waals surface area contributed by atoms with E-state index >= 15 is 0 Å². The van der Waals surface area contributed by atoms with E-state index in [9.17, 15) is 22.4 Å². The second kappa shape index (κ2) is 11.6. The summed E-state index contributed by atoms with van der Waals surface area (Å²) in [5.74, 6) is -0.982. The first-order valence-corrected chi connectivity index (χ1v) is 12.9. The van der Waals surface area contributed by atoms with Crippen molar-refractivity contribution in [1.29, 1.82) is 5.26 Å². The highest BCUT2D eigenvalue weighted by Crippen LogP contribution is 2.35. The predicted octanol–water partition coefficient (Wildman–Crippen LogP) is 6.43. The largest absolute Gasteiger partial charge is 0.573 e. The first-order valence-electron chi connectivity index (χ1n) is 12.5. The molecule has 0 saturated heterocycles. The van der Waals surface area contributed by atoms with Crippen LogP contribution in [0.25, 0.3) is 17.0 Å². The van der Waals surface area contributed by atoms with Gasteiger partial charge in [-0.05, 0) is 59.2 Å². The topological polar surface area (TPSA) is 83.2 Å². The average Bonchev–Trinajstić information content (AvgIpc) is 3.24. The van der Waals surface area contributed by atoms with Crippen LogP contribution in [0.3, 0.4) is 0 Å². The number of benzene rings is 2. The number of nitriles is 1. The summed E-state index contributed by atoms with van der Waals surface area (Å²) in [4.78, 5) is 19.4. The number of rotatable bonds is 6. The van der Waals surface area contributed by atoms with E-state index in [4.69, 9.17) is 16.9 Å². The van der Waals surface area contributed by atoms with E-state index in [0.29, 0.717) is 48.2 Å². The van der Waals surface area contributed by atoms with Crippen LogP contribution in [-0.2, 0) is 19.5 Å². The Hall–Kier alpha value is -4.40. The van der Waals surface area contributed by atoms with E-state index in [2.05, 4.69) is 19.9 Å². The number of nitrogens with zero attached hydrogens (tertiary/aromatic N) is 4. The molecule has 0 bridgehead atoms. The third-order valence-electron chi connectivity index (χ3n) is 6.66. The van der Waals surface area contributed by atoms with Gasteiger partial charge in [0.05, 0.1) is 11.1 Å². The van der Waals surface area contributed by atoms with Crippen LogP contribution in [0.4, 0.5) is 22.4 Å². The first-order chi connectivity index (χ1) is 19.6. The lowest BCUT2D eigenvalue weighted by atomic mass is 10.0. The number of pyridine rings is 1. The molecule has 0 saturated carbocycles. The molecule has 5 rings (SSSR count). The van der Waals surface area contributed by atoms with Gasteiger partial charge in [0, 0.05) is 49.9 Å². The Balaban J connectivity index is 1.41. The Morgan fingerprint density at radius 2 is 2.02 bits per heavy atom. The van der Waals surface area contributed by atoms with Gasteiger partial charge in [0.25, 0.3) is 0 Å². The van der Waals surface area contributed by atoms with Crippen LogP contribution in [0.2, 0.25) is 5.15 Å². The normalized spacial score (nSPS) is 13.8. The van der Waals surface area contributed by atoms with Crippen LogP contribution < -0.4 is 10.1 Å². The van der Waals surface area contributed by atoms with E-state index in [0.717, 1.165) is 11.1 Å². The number of amides is 1. The number of ether oxygens (including phenoxy) is 1. The lowest BCUT2D eigenvalue weighted by Crippen LogP contribution is -2.34. The van der Waals surface area contributed by atoms with Gasteiger partial charge in [0.2, 0.25) is 0 Å². The number of halogens is 5. The Morgan fingerprint density at radius 1 is 1.20 bits per heavy atom. The fourth-order valence-corrected chi connectivity index (χ4v) is 5.05. The number of aromatic nitrogens is 2. The first kappa shape index (κ1) is 28.1. The summed E-state index contributed by atoms with van der Waals surface area (Å²) in [6, 6.07) is 13.0. The van der Waals surface area contributed by atoms with Crippen molar-refractivity contribution in [3.8, 4) is 11.8 Å². The Morgan fingerprint density at radius 3 is 2.76 bits per heavy atom. The van der Waals surface area contributed by atoms with E-state index in [1.807, 2.05) is 6.08 Å². The number of carbonyl (C=O) groups excluding carboxylic acids is 1. The minimum Gasteiger partial charge on any atom is -0.406 e. The van der Waals surface area contributed by atoms with Gasteiger partial charge in [0.15, 0.2) is 0 Å². The molecular formula is C29H22ClF4N5O2. The second-order valence-corrected chi connectivity index (χ2v) is 9.76. The zero-order chi connectivity index (χ0) is 29.1. The highest BCUT2D eigenvalue weighted by Gasteiger charge is 2.32. The Kier molecular flexibility index (Phi) is 7.97. The number of nitrogens with one attached hydrogen (secondary N) is 1. The maximum atomic E-state index is 13.9. The molecule has 12 heteroatoms. The van der Waals surface area contributed by atoms with Gasteiger partial charge in [-0.25, -0.2) is 14.2 Å². The molecule has 210 valence electrons. The number of fused-ring (bicyclic) bond motifs is 3. The van der Waals surface area contributed by atoms with Crippen LogP contribution in [0.5, 0.6) is 5.75 Å². The van der Waals surface area contributed by atoms with E-state index in [1.165, 1.54) is 41.1 Å². The molecule has 0 radical (unpaired) electrons. The van der Waals surface area contributed by atoms with Gasteiger partial charge in [0.1, 0.15) is 22.8 Å². The third-order valence-corrected chi connectivity index (χ3v) is 6.86. The summed E-state index contributed by atoms with van der Waals surface area (Å²) >= 11 is 5.94. The lowest BCUT2D eigenvalue weighted by molar-refractivity contribution is -0.274. The van der Waals surface area contributed by atoms with Crippen LogP contribution in [-0.4, -0.2) is 39.9 Å². The van der Waals surface area contributed by atoms with E-state index < -0.39 is 18.2 Å². The van der Waals surface area contributed by atoms with Crippen molar-refractivity contribution in [3.63, 3.8) is 0 Å². The van der Waals surface area contributed by atoms with Gasteiger partial charge < -0.3 is 10.1 Å². The molecule has 0 unspecified atom stereocenters. The van der Waals surface area contributed by atoms with Crippen LogP contribution in [0.1, 0.15) is 27.9 Å². The molecule has 41 heavy (non-hydrogen) atoms. The summed E-state index contributed by atoms with van der Waals surface area (Å²) < 4.78 is 58.4. The van der Waals surface area contributed by atoms with Gasteiger partial charge in [-0.2, -0.15) is 5.26 Å². The van der Waals surface area contributed by atoms with Crippen LogP contribution >= 0.6 is 11.6 Å². The van der Waals surface area contributed by atoms with Crippen LogP contribution in [0, 0.1) is 17.1 Å². The molecule has 1 amide bonds. The van der Waals surface area contributed by atoms with Crippen molar-refractivity contribution in [1.82, 2.24) is 19.8 Å². The summed E-state index contributed by atoms with van der Waals surface area (Å²) in [7, 11) is 0. The smallest absolute Gasteiger partial charge is 0.406 e. The number of carbonyl (C=O) groups is 1. The zero-order valence-electron chi connectivity index (χ0n) is 21.4. The molecule has 0 fully saturated rings. The quantitative estimate of drug-likeness (QED) is 0.209. The van der Waals surface area contributed by atoms with Crippen molar-refractivity contribution in [2.24, 2.45) is 0 Å². The number of hydrogen-bond acceptors (Lipinski definition) is 5. The molecule has 1 aliphatic heterocycles. The summed E-state index contributed by atoms with van der Waals surface area (Å²) in [6.45, 7) is 1.60. The van der Waals surface area contributed by atoms with Crippen molar-refractivity contribution in [2.75, 3.05) is 13.1 Å². The second-order valence-electron chi connectivity index (χ2n) is 9.37. The number of hydrogen-bond donors (Lipinski definition) is 1. The van der Waals surface area contributed by atoms with Gasteiger partial charge in [-0.15, -0.1) is 13.2 Å². The fourth-order valence-electron chi connectivity index (χ4n) is 4.85. The minimum absolute atomic E-state index is 0.0374. The molecule has 1 N–H and O–H groups in total. The van der Waals surface area contributed by atoms with Gasteiger partial charge >= 0.3 is 12.4 Å².